The van der Waals surface area contributed by atoms with E-state index in [1.807, 2.05) is 0 Å². The number of nitrogens with one attached hydrogen (secondary N) is 1. The minimum absolute atomic E-state index is 0.0712. The molecule has 2 unspecified atom stereocenters. The van der Waals surface area contributed by atoms with Crippen LogP contribution in [0.5, 0.6) is 5.75 Å². The lowest BCUT2D eigenvalue weighted by atomic mass is 9.64. The van der Waals surface area contributed by atoms with Crippen molar-refractivity contribution in [1.29, 1.82) is 0 Å². The van der Waals surface area contributed by atoms with Crippen molar-refractivity contribution < 1.29 is 27.5 Å². The van der Waals surface area contributed by atoms with Gasteiger partial charge in [-0.05, 0) is 55.2 Å². The number of rotatable bonds is 8. The molecule has 188 valence electrons. The highest BCUT2D eigenvalue weighted by Crippen LogP contribution is 2.46. The van der Waals surface area contributed by atoms with Gasteiger partial charge in [0, 0.05) is 19.8 Å². The molecule has 1 saturated carbocycles. The number of carbonyl (C=O) groups is 3. The molecule has 0 bridgehead atoms. The molecule has 1 aliphatic heterocycles. The fourth-order valence-electron chi connectivity index (χ4n) is 5.32. The molecule has 1 aromatic carbocycles. The number of imide groups is 1. The van der Waals surface area contributed by atoms with E-state index in [2.05, 4.69) is 26.1 Å². The van der Waals surface area contributed by atoms with Gasteiger partial charge < -0.3 is 15.0 Å². The Hall–Kier alpha value is -2.62. The monoisotopic (exact) mass is 493 g/mol. The Balaban J connectivity index is 1.51. The lowest BCUT2D eigenvalue weighted by Crippen LogP contribution is -2.54. The summed E-state index contributed by atoms with van der Waals surface area (Å²) in [5.41, 5.74) is -0.996. The zero-order chi connectivity index (χ0) is 25.3. The number of ether oxygens (including phenoxy) is 1. The first-order valence-electron chi connectivity index (χ1n) is 11.5. The van der Waals surface area contributed by atoms with E-state index in [0.29, 0.717) is 37.5 Å². The summed E-state index contributed by atoms with van der Waals surface area (Å²) in [6.45, 7) is 6.64. The van der Waals surface area contributed by atoms with E-state index in [1.165, 1.54) is 17.0 Å². The number of amides is 4. The second kappa shape index (κ2) is 9.56. The van der Waals surface area contributed by atoms with Gasteiger partial charge in [0.15, 0.2) is 9.84 Å². The fourth-order valence-corrected chi connectivity index (χ4v) is 5.97. The van der Waals surface area contributed by atoms with Gasteiger partial charge in [-0.2, -0.15) is 0 Å². The van der Waals surface area contributed by atoms with Crippen molar-refractivity contribution in [3.05, 3.63) is 24.3 Å². The Labute approximate surface area is 201 Å². The SMILES string of the molecule is CC1CC(C)(C)CC2(C1)NC(=O)N(CC(=O)N(C)CCCOc1cccc(S(C)(=O)=O)c1)C2=O. The van der Waals surface area contributed by atoms with Crippen LogP contribution in [0.15, 0.2) is 29.2 Å². The topological polar surface area (TPSA) is 113 Å². The van der Waals surface area contributed by atoms with Crippen LogP contribution in [0, 0.1) is 11.3 Å². The van der Waals surface area contributed by atoms with E-state index < -0.39 is 21.4 Å². The zero-order valence-electron chi connectivity index (χ0n) is 20.6. The minimum atomic E-state index is -3.32. The Morgan fingerprint density at radius 3 is 2.62 bits per heavy atom. The minimum Gasteiger partial charge on any atom is -0.493 e. The lowest BCUT2D eigenvalue weighted by Gasteiger charge is -2.43. The molecular formula is C24H35N3O6S. The molecule has 1 spiro atoms. The van der Waals surface area contributed by atoms with Crippen molar-refractivity contribution in [1.82, 2.24) is 15.1 Å². The summed E-state index contributed by atoms with van der Waals surface area (Å²) in [7, 11) is -1.70. The van der Waals surface area contributed by atoms with Crippen molar-refractivity contribution in [2.45, 2.75) is 56.9 Å². The average Bonchev–Trinajstić information content (AvgIpc) is 2.92. The molecule has 1 N–H and O–H groups in total. The summed E-state index contributed by atoms with van der Waals surface area (Å²) in [5.74, 6) is 0.0892. The first-order valence-corrected chi connectivity index (χ1v) is 13.4. The van der Waals surface area contributed by atoms with Crippen molar-refractivity contribution in [3.63, 3.8) is 0 Å². The molecule has 2 aliphatic rings. The van der Waals surface area contributed by atoms with Gasteiger partial charge >= 0.3 is 6.03 Å². The van der Waals surface area contributed by atoms with Crippen molar-refractivity contribution >= 4 is 27.7 Å². The maximum Gasteiger partial charge on any atom is 0.325 e. The van der Waals surface area contributed by atoms with E-state index in [1.54, 1.807) is 19.2 Å². The van der Waals surface area contributed by atoms with Crippen LogP contribution in [-0.4, -0.2) is 74.6 Å². The number of nitrogens with zero attached hydrogens (tertiary/aromatic N) is 2. The molecule has 3 rings (SSSR count). The molecule has 0 aromatic heterocycles. The van der Waals surface area contributed by atoms with Crippen molar-refractivity contribution in [3.8, 4) is 5.75 Å². The summed E-state index contributed by atoms with van der Waals surface area (Å²) >= 11 is 0. The molecule has 2 fully saturated rings. The molecule has 1 aromatic rings. The lowest BCUT2D eigenvalue weighted by molar-refractivity contribution is -0.140. The Morgan fingerprint density at radius 2 is 1.97 bits per heavy atom. The van der Waals surface area contributed by atoms with Crippen LogP contribution in [0.2, 0.25) is 0 Å². The third-order valence-corrected chi connectivity index (χ3v) is 7.59. The van der Waals surface area contributed by atoms with Gasteiger partial charge in [0.1, 0.15) is 17.8 Å². The fraction of sp³-hybridized carbons (Fsp3) is 0.625. The third kappa shape index (κ3) is 5.89. The molecule has 1 heterocycles. The number of carbonyl (C=O) groups excluding carboxylic acids is 3. The highest BCUT2D eigenvalue weighted by atomic mass is 32.2. The molecule has 9 nitrogen and oxygen atoms in total. The predicted octanol–water partition coefficient (Wildman–Crippen LogP) is 2.45. The summed E-state index contributed by atoms with van der Waals surface area (Å²) in [5, 5.41) is 2.89. The van der Waals surface area contributed by atoms with Crippen LogP contribution < -0.4 is 10.1 Å². The molecule has 34 heavy (non-hydrogen) atoms. The van der Waals surface area contributed by atoms with E-state index in [-0.39, 0.29) is 35.3 Å². The maximum absolute atomic E-state index is 13.2. The standard InChI is InChI=1S/C24H35N3O6S/c1-17-13-23(2,3)16-24(14-17)21(29)27(22(30)25-24)15-20(28)26(4)10-7-11-33-18-8-6-9-19(12-18)34(5,31)32/h6,8-9,12,17H,7,10-11,13-16H2,1-5H3,(H,25,30). The number of hydrogen-bond acceptors (Lipinski definition) is 6. The molecular weight excluding hydrogens is 458 g/mol. The van der Waals surface area contributed by atoms with Crippen LogP contribution in [0.1, 0.15) is 46.5 Å². The highest BCUT2D eigenvalue weighted by molar-refractivity contribution is 7.90. The number of likely N-dealkylation sites (N-methyl/N-ethyl adjacent to an activating group) is 1. The summed E-state index contributed by atoms with van der Waals surface area (Å²) in [4.78, 5) is 41.2. The van der Waals surface area contributed by atoms with Gasteiger partial charge in [-0.1, -0.05) is 26.8 Å². The maximum atomic E-state index is 13.2. The van der Waals surface area contributed by atoms with Crippen LogP contribution in [0.4, 0.5) is 4.79 Å². The predicted molar refractivity (Wildman–Crippen MR) is 127 cm³/mol. The number of benzene rings is 1. The van der Waals surface area contributed by atoms with E-state index in [0.717, 1.165) is 17.6 Å². The van der Waals surface area contributed by atoms with Crippen LogP contribution >= 0.6 is 0 Å². The quantitative estimate of drug-likeness (QED) is 0.440. The summed E-state index contributed by atoms with van der Waals surface area (Å²) < 4.78 is 28.9. The summed E-state index contributed by atoms with van der Waals surface area (Å²) in [6.07, 6.45) is 3.77. The number of hydrogen-bond donors (Lipinski definition) is 1. The second-order valence-electron chi connectivity index (χ2n) is 10.5. The van der Waals surface area contributed by atoms with Gasteiger partial charge in [0.2, 0.25) is 5.91 Å². The molecule has 0 radical (unpaired) electrons. The van der Waals surface area contributed by atoms with Gasteiger partial charge in [-0.25, -0.2) is 13.2 Å². The number of urea groups is 1. The van der Waals surface area contributed by atoms with Crippen LogP contribution in [0.25, 0.3) is 0 Å². The smallest absolute Gasteiger partial charge is 0.325 e. The van der Waals surface area contributed by atoms with Gasteiger partial charge in [-0.3, -0.25) is 14.5 Å². The largest absolute Gasteiger partial charge is 0.493 e. The Morgan fingerprint density at radius 1 is 1.26 bits per heavy atom. The van der Waals surface area contributed by atoms with Crippen LogP contribution in [-0.2, 0) is 19.4 Å². The second-order valence-corrected chi connectivity index (χ2v) is 12.5. The van der Waals surface area contributed by atoms with E-state index in [9.17, 15) is 22.8 Å². The first-order chi connectivity index (χ1) is 15.7. The first kappa shape index (κ1) is 26.0. The third-order valence-electron chi connectivity index (χ3n) is 6.48. The summed E-state index contributed by atoms with van der Waals surface area (Å²) in [6, 6.07) is 5.74. The number of sulfone groups is 1. The molecule has 10 heteroatoms. The molecule has 4 amide bonds. The van der Waals surface area contributed by atoms with Gasteiger partial charge in [0.25, 0.3) is 5.91 Å². The molecule has 1 saturated heterocycles. The Kier molecular flexibility index (Phi) is 7.31. The average molecular weight is 494 g/mol. The highest BCUT2D eigenvalue weighted by Gasteiger charge is 2.56. The normalized spacial score (nSPS) is 24.3. The molecule has 1 aliphatic carbocycles. The molecule has 2 atom stereocenters. The van der Waals surface area contributed by atoms with E-state index >= 15 is 0 Å². The van der Waals surface area contributed by atoms with Crippen molar-refractivity contribution in [2.24, 2.45) is 11.3 Å². The Bertz CT molecular complexity index is 1070. The van der Waals surface area contributed by atoms with Crippen molar-refractivity contribution in [2.75, 3.05) is 33.0 Å². The van der Waals surface area contributed by atoms with Gasteiger partial charge in [0.05, 0.1) is 11.5 Å². The van der Waals surface area contributed by atoms with E-state index in [4.69, 9.17) is 4.74 Å². The zero-order valence-corrected chi connectivity index (χ0v) is 21.4. The van der Waals surface area contributed by atoms with Gasteiger partial charge in [-0.15, -0.1) is 0 Å². The van der Waals surface area contributed by atoms with Crippen LogP contribution in [0.3, 0.4) is 0 Å².